The maximum Gasteiger partial charge on any atom is 0.0593 e. The summed E-state index contributed by atoms with van der Waals surface area (Å²) in [6.07, 6.45) is 1.32. The molecule has 0 aromatic heterocycles. The predicted octanol–water partition coefficient (Wildman–Crippen LogP) is 3.14. The molecule has 0 amide bonds. The molecule has 0 bridgehead atoms. The molecular weight excluding hydrogens is 180 g/mol. The topological polar surface area (TPSA) is 0 Å². The highest BCUT2D eigenvalue weighted by Crippen LogP contribution is 2.39. The van der Waals surface area contributed by atoms with Crippen molar-refractivity contribution in [3.05, 3.63) is 0 Å². The monoisotopic (exact) mass is 196 g/mol. The highest BCUT2D eigenvalue weighted by atomic mass is 32.2. The summed E-state index contributed by atoms with van der Waals surface area (Å²) in [6.45, 7) is 2.26. The third-order valence-corrected chi connectivity index (χ3v) is 5.72. The minimum Gasteiger partial charge on any atom is -0.177 e. The molecule has 0 radical (unpaired) electrons. The van der Waals surface area contributed by atoms with Crippen molar-refractivity contribution in [2.75, 3.05) is 11.5 Å². The van der Waals surface area contributed by atoms with Gasteiger partial charge in [0, 0.05) is 16.8 Å². The molecule has 0 aromatic rings. The average molecular weight is 196 g/mol. The Bertz CT molecular complexity index is 74.9. The van der Waals surface area contributed by atoms with Gasteiger partial charge in [-0.2, -0.15) is 12.6 Å². The highest BCUT2D eigenvalue weighted by Gasteiger charge is 2.22. The van der Waals surface area contributed by atoms with Crippen LogP contribution in [0, 0.1) is 0 Å². The molecule has 10 heavy (non-hydrogen) atoms. The van der Waals surface area contributed by atoms with Gasteiger partial charge in [0.05, 0.1) is 4.58 Å². The Morgan fingerprint density at radius 2 is 2.30 bits per heavy atom. The van der Waals surface area contributed by atoms with Crippen LogP contribution in [0.2, 0.25) is 0 Å². The molecule has 1 saturated heterocycles. The van der Waals surface area contributed by atoms with E-state index < -0.39 is 0 Å². The zero-order valence-corrected chi connectivity index (χ0v) is 8.07. The summed E-state index contributed by atoms with van der Waals surface area (Å²) >= 11 is 8.41. The third-order valence-electron chi connectivity index (χ3n) is 1.42. The van der Waals surface area contributed by atoms with E-state index in [1.165, 1.54) is 12.2 Å². The molecule has 2 atom stereocenters. The third kappa shape index (κ3) is 2.97. The zero-order valence-electron chi connectivity index (χ0n) is 5.54. The largest absolute Gasteiger partial charge is 0.177 e. The van der Waals surface area contributed by atoms with E-state index in [1.54, 1.807) is 0 Å². The molecule has 3 heteroatoms. The van der Waals surface area contributed by atoms with Gasteiger partial charge in [0.2, 0.25) is 0 Å². The fourth-order valence-corrected chi connectivity index (χ4v) is 4.44. The molecule has 0 saturated carbocycles. The minimum absolute atomic E-state index is 0. The summed E-state index contributed by atoms with van der Waals surface area (Å²) in [5.41, 5.74) is 0. The van der Waals surface area contributed by atoms with Gasteiger partial charge in [0.25, 0.3) is 0 Å². The lowest BCUT2D eigenvalue weighted by Crippen LogP contribution is -1.97. The van der Waals surface area contributed by atoms with Crippen LogP contribution < -0.4 is 0 Å². The van der Waals surface area contributed by atoms with Gasteiger partial charge >= 0.3 is 0 Å². The molecule has 0 aromatic carbocycles. The predicted molar refractivity (Wildman–Crippen MR) is 58.5 cm³/mol. The molecule has 2 unspecified atom stereocenters. The van der Waals surface area contributed by atoms with Crippen LogP contribution in [0.1, 0.15) is 20.8 Å². The van der Waals surface area contributed by atoms with Crippen molar-refractivity contribution < 1.29 is 0 Å². The van der Waals surface area contributed by atoms with Gasteiger partial charge in [-0.1, -0.05) is 14.4 Å². The van der Waals surface area contributed by atoms with Gasteiger partial charge < -0.3 is 0 Å². The van der Waals surface area contributed by atoms with Gasteiger partial charge in [-0.05, 0) is 6.42 Å². The van der Waals surface area contributed by atoms with Gasteiger partial charge in [-0.3, -0.25) is 0 Å². The van der Waals surface area contributed by atoms with Crippen LogP contribution in [0.5, 0.6) is 0 Å². The first-order valence-electron chi connectivity index (χ1n) is 3.24. The number of thiol groups is 1. The minimum atomic E-state index is 0. The fraction of sp³-hybridized carbons (Fsp3) is 1.00. The van der Waals surface area contributed by atoms with Crippen molar-refractivity contribution in [2.24, 2.45) is 0 Å². The van der Waals surface area contributed by atoms with Crippen molar-refractivity contribution in [1.82, 2.24) is 0 Å². The molecule has 62 valence electrons. The Balaban J connectivity index is 0.000000810. The van der Waals surface area contributed by atoms with E-state index in [-0.39, 0.29) is 7.43 Å². The summed E-state index contributed by atoms with van der Waals surface area (Å²) in [7, 11) is 0. The van der Waals surface area contributed by atoms with Crippen molar-refractivity contribution in [1.29, 1.82) is 0 Å². The average Bonchev–Trinajstić information content (AvgIpc) is 2.34. The molecule has 1 heterocycles. The van der Waals surface area contributed by atoms with Crippen LogP contribution in [0.15, 0.2) is 0 Å². The van der Waals surface area contributed by atoms with E-state index in [0.717, 1.165) is 15.6 Å². The SMILES string of the molecule is C.CCC1CSC(CS)S1. The molecule has 0 aliphatic carbocycles. The van der Waals surface area contributed by atoms with Gasteiger partial charge in [-0.25, -0.2) is 0 Å². The number of hydrogen-bond donors (Lipinski definition) is 1. The molecule has 1 aliphatic rings. The standard InChI is InChI=1S/C6H12S3.CH4/c1-2-5-4-8-6(3-7)9-5;/h5-7H,2-4H2,1H3;1H4. The second kappa shape index (κ2) is 5.67. The summed E-state index contributed by atoms with van der Waals surface area (Å²) in [5, 5.41) is 0.909. The Morgan fingerprint density at radius 3 is 2.60 bits per heavy atom. The smallest absolute Gasteiger partial charge is 0.0593 e. The first-order chi connectivity index (χ1) is 4.36. The molecular formula is C7H16S3. The van der Waals surface area contributed by atoms with Crippen molar-refractivity contribution in [3.8, 4) is 0 Å². The van der Waals surface area contributed by atoms with Crippen LogP contribution >= 0.6 is 36.2 Å². The Kier molecular flexibility index (Phi) is 6.26. The van der Waals surface area contributed by atoms with E-state index in [1.807, 2.05) is 0 Å². The zero-order chi connectivity index (χ0) is 6.69. The van der Waals surface area contributed by atoms with Crippen molar-refractivity contribution >= 4 is 36.2 Å². The molecule has 1 aliphatic heterocycles. The number of rotatable bonds is 2. The number of thioether (sulfide) groups is 2. The Morgan fingerprint density at radius 1 is 1.60 bits per heavy atom. The van der Waals surface area contributed by atoms with Gasteiger partial charge in [-0.15, -0.1) is 23.5 Å². The highest BCUT2D eigenvalue weighted by molar-refractivity contribution is 8.21. The molecule has 0 spiro atoms. The van der Waals surface area contributed by atoms with E-state index >= 15 is 0 Å². The molecule has 0 nitrogen and oxygen atoms in total. The van der Waals surface area contributed by atoms with Crippen LogP contribution in [0.4, 0.5) is 0 Å². The van der Waals surface area contributed by atoms with Gasteiger partial charge in [0.15, 0.2) is 0 Å². The lowest BCUT2D eigenvalue weighted by molar-refractivity contribution is 0.925. The van der Waals surface area contributed by atoms with Crippen LogP contribution in [0.3, 0.4) is 0 Å². The maximum absolute atomic E-state index is 4.25. The van der Waals surface area contributed by atoms with Crippen molar-refractivity contribution in [2.45, 2.75) is 30.6 Å². The summed E-state index contributed by atoms with van der Waals surface area (Å²) in [6, 6.07) is 0. The van der Waals surface area contributed by atoms with E-state index in [2.05, 4.69) is 43.1 Å². The van der Waals surface area contributed by atoms with Gasteiger partial charge in [0.1, 0.15) is 0 Å². The second-order valence-corrected chi connectivity index (χ2v) is 5.52. The van der Waals surface area contributed by atoms with E-state index in [0.29, 0.717) is 0 Å². The van der Waals surface area contributed by atoms with Crippen LogP contribution in [-0.2, 0) is 0 Å². The summed E-state index contributed by atoms with van der Waals surface area (Å²) in [5.74, 6) is 2.37. The van der Waals surface area contributed by atoms with E-state index in [4.69, 9.17) is 0 Å². The Hall–Kier alpha value is 1.05. The number of hydrogen-bond acceptors (Lipinski definition) is 3. The maximum atomic E-state index is 4.25. The first-order valence-corrected chi connectivity index (χ1v) is 5.87. The van der Waals surface area contributed by atoms with Crippen LogP contribution in [0.25, 0.3) is 0 Å². The lowest BCUT2D eigenvalue weighted by Gasteiger charge is -2.03. The molecule has 1 fully saturated rings. The summed E-state index contributed by atoms with van der Waals surface area (Å²) in [4.78, 5) is 0. The molecule has 0 N–H and O–H groups in total. The quantitative estimate of drug-likeness (QED) is 0.674. The summed E-state index contributed by atoms with van der Waals surface area (Å²) < 4.78 is 0.776. The second-order valence-electron chi connectivity index (χ2n) is 2.11. The Labute approximate surface area is 78.3 Å². The fourth-order valence-electron chi connectivity index (χ4n) is 0.818. The van der Waals surface area contributed by atoms with E-state index in [9.17, 15) is 0 Å². The first kappa shape index (κ1) is 11.1. The van der Waals surface area contributed by atoms with Crippen molar-refractivity contribution in [3.63, 3.8) is 0 Å². The lowest BCUT2D eigenvalue weighted by atomic mass is 10.4. The molecule has 1 rings (SSSR count). The normalized spacial score (nSPS) is 31.8. The van der Waals surface area contributed by atoms with Crippen LogP contribution in [-0.4, -0.2) is 21.3 Å².